The largest absolute Gasteiger partial charge is 0.393 e. The molecular weight excluding hydrogens is 422 g/mol. The minimum absolute atomic E-state index is 0.0138. The van der Waals surface area contributed by atoms with Crippen molar-refractivity contribution >= 4 is 0 Å². The van der Waals surface area contributed by atoms with Crippen LogP contribution >= 0.6 is 0 Å². The molecule has 5 nitrogen and oxygen atoms in total. The third-order valence-corrected chi connectivity index (χ3v) is 12.6. The van der Waals surface area contributed by atoms with Crippen molar-refractivity contribution in [2.45, 2.75) is 171 Å². The number of aliphatic hydroxyl groups is 2. The number of rotatable bonds is 6. The van der Waals surface area contributed by atoms with Crippen molar-refractivity contribution in [1.82, 2.24) is 14.7 Å². The minimum atomic E-state index is -0.164. The van der Waals surface area contributed by atoms with E-state index in [4.69, 9.17) is 0 Å². The molecule has 0 spiro atoms. The number of hydrogen-bond donors (Lipinski definition) is 2. The predicted octanol–water partition coefficient (Wildman–Crippen LogP) is 4.15. The predicted molar refractivity (Wildman–Crippen MR) is 137 cm³/mol. The third-order valence-electron chi connectivity index (χ3n) is 12.6. The summed E-state index contributed by atoms with van der Waals surface area (Å²) in [5.41, 5.74) is -0.0830. The van der Waals surface area contributed by atoms with Crippen molar-refractivity contribution in [2.24, 2.45) is 5.92 Å². The molecule has 6 bridgehead atoms. The number of piperidine rings is 3. The van der Waals surface area contributed by atoms with Gasteiger partial charge in [0.2, 0.25) is 0 Å². The van der Waals surface area contributed by atoms with Gasteiger partial charge in [-0.1, -0.05) is 13.3 Å². The summed E-state index contributed by atoms with van der Waals surface area (Å²) in [6, 6.07) is 2.73. The van der Waals surface area contributed by atoms with Gasteiger partial charge in [0.15, 0.2) is 0 Å². The fraction of sp³-hybridized carbons (Fsp3) is 1.00. The SMILES string of the molecule is CCC(C)(N1C[C@@H]2C[C@@H](O)[C@H]1C2)C(C)(N1C2CCC1CC(O)C2)C(C)(C)N1C2CCCC1CC2. The van der Waals surface area contributed by atoms with Gasteiger partial charge in [0.05, 0.1) is 17.7 Å². The molecule has 6 fully saturated rings. The van der Waals surface area contributed by atoms with Gasteiger partial charge in [-0.3, -0.25) is 14.7 Å². The first kappa shape index (κ1) is 24.2. The first-order chi connectivity index (χ1) is 16.1. The fourth-order valence-electron chi connectivity index (χ4n) is 10.8. The van der Waals surface area contributed by atoms with E-state index in [1.54, 1.807) is 0 Å². The van der Waals surface area contributed by atoms with Gasteiger partial charge in [0.1, 0.15) is 0 Å². The normalized spacial score (nSPS) is 46.7. The van der Waals surface area contributed by atoms with Crippen LogP contribution in [-0.2, 0) is 0 Å². The molecule has 0 radical (unpaired) electrons. The Morgan fingerprint density at radius 2 is 1.32 bits per heavy atom. The number of likely N-dealkylation sites (tertiary alicyclic amines) is 1. The van der Waals surface area contributed by atoms with Gasteiger partial charge in [-0.2, -0.15) is 0 Å². The van der Waals surface area contributed by atoms with Crippen molar-refractivity contribution in [1.29, 1.82) is 0 Å². The van der Waals surface area contributed by atoms with E-state index in [2.05, 4.69) is 49.3 Å². The first-order valence-corrected chi connectivity index (χ1v) is 14.8. The lowest BCUT2D eigenvalue weighted by molar-refractivity contribution is -0.190. The molecule has 9 atom stereocenters. The van der Waals surface area contributed by atoms with E-state index in [9.17, 15) is 10.2 Å². The lowest BCUT2D eigenvalue weighted by atomic mass is 9.61. The molecule has 5 heterocycles. The van der Waals surface area contributed by atoms with Crippen LogP contribution in [0.3, 0.4) is 0 Å². The van der Waals surface area contributed by atoms with Crippen molar-refractivity contribution in [3.05, 3.63) is 0 Å². The summed E-state index contributed by atoms with van der Waals surface area (Å²) in [5.74, 6) is 0.657. The van der Waals surface area contributed by atoms with Crippen LogP contribution in [0, 0.1) is 5.92 Å². The Labute approximate surface area is 208 Å². The van der Waals surface area contributed by atoms with Crippen LogP contribution in [0.25, 0.3) is 0 Å². The Kier molecular flexibility index (Phi) is 5.79. The highest BCUT2D eigenvalue weighted by Crippen LogP contribution is 2.58. The molecule has 0 aromatic rings. The maximum Gasteiger partial charge on any atom is 0.0698 e. The average Bonchev–Trinajstić information content (AvgIpc) is 3.52. The molecule has 2 N–H and O–H groups in total. The summed E-state index contributed by atoms with van der Waals surface area (Å²) < 4.78 is 0. The number of aliphatic hydroxyl groups excluding tert-OH is 2. The van der Waals surface area contributed by atoms with Crippen LogP contribution in [0.4, 0.5) is 0 Å². The van der Waals surface area contributed by atoms with Gasteiger partial charge in [-0.15, -0.1) is 0 Å². The van der Waals surface area contributed by atoms with Gasteiger partial charge in [0.25, 0.3) is 0 Å². The molecule has 194 valence electrons. The minimum Gasteiger partial charge on any atom is -0.393 e. The summed E-state index contributed by atoms with van der Waals surface area (Å²) in [7, 11) is 0. The van der Waals surface area contributed by atoms with Crippen LogP contribution < -0.4 is 0 Å². The topological polar surface area (TPSA) is 50.2 Å². The third kappa shape index (κ3) is 3.09. The molecule has 1 saturated carbocycles. The Morgan fingerprint density at radius 1 is 0.735 bits per heavy atom. The van der Waals surface area contributed by atoms with E-state index < -0.39 is 0 Å². The van der Waals surface area contributed by atoms with Crippen LogP contribution in [0.1, 0.15) is 112 Å². The first-order valence-electron chi connectivity index (χ1n) is 14.8. The van der Waals surface area contributed by atoms with Crippen molar-refractivity contribution in [2.75, 3.05) is 6.54 Å². The van der Waals surface area contributed by atoms with E-state index in [-0.39, 0.29) is 28.8 Å². The lowest BCUT2D eigenvalue weighted by Gasteiger charge is -2.69. The summed E-state index contributed by atoms with van der Waals surface area (Å²) in [6.45, 7) is 13.9. The van der Waals surface area contributed by atoms with Crippen LogP contribution in [0.5, 0.6) is 0 Å². The fourth-order valence-corrected chi connectivity index (χ4v) is 10.8. The maximum absolute atomic E-state index is 11.0. The number of nitrogens with zero attached hydrogens (tertiary/aromatic N) is 3. The number of fused-ring (bicyclic) bond motifs is 6. The molecule has 1 aliphatic carbocycles. The average molecular weight is 474 g/mol. The second-order valence-electron chi connectivity index (χ2n) is 14.0. The molecule has 34 heavy (non-hydrogen) atoms. The summed E-state index contributed by atoms with van der Waals surface area (Å²) in [6.07, 6.45) is 14.2. The van der Waals surface area contributed by atoms with Crippen molar-refractivity contribution in [3.8, 4) is 0 Å². The zero-order valence-corrected chi connectivity index (χ0v) is 22.5. The second kappa shape index (κ2) is 8.15. The summed E-state index contributed by atoms with van der Waals surface area (Å²) in [5, 5.41) is 21.8. The Hall–Kier alpha value is -0.200. The molecule has 6 unspecified atom stereocenters. The molecule has 5 saturated heterocycles. The van der Waals surface area contributed by atoms with Gasteiger partial charge in [-0.05, 0) is 104 Å². The Morgan fingerprint density at radius 3 is 1.85 bits per heavy atom. The van der Waals surface area contributed by atoms with E-state index in [0.717, 1.165) is 44.3 Å². The highest BCUT2D eigenvalue weighted by molar-refractivity contribution is 5.25. The van der Waals surface area contributed by atoms with E-state index in [0.29, 0.717) is 24.0 Å². The smallest absolute Gasteiger partial charge is 0.0698 e. The van der Waals surface area contributed by atoms with Crippen LogP contribution in [0.2, 0.25) is 0 Å². The zero-order valence-electron chi connectivity index (χ0n) is 22.5. The van der Waals surface area contributed by atoms with Crippen LogP contribution in [-0.4, -0.2) is 90.5 Å². The van der Waals surface area contributed by atoms with E-state index in [1.807, 2.05) is 0 Å². The molecule has 6 rings (SSSR count). The van der Waals surface area contributed by atoms with Crippen LogP contribution in [0.15, 0.2) is 0 Å². The molecule has 5 aliphatic heterocycles. The monoisotopic (exact) mass is 473 g/mol. The summed E-state index contributed by atoms with van der Waals surface area (Å²) >= 11 is 0. The van der Waals surface area contributed by atoms with Gasteiger partial charge < -0.3 is 10.2 Å². The van der Waals surface area contributed by atoms with E-state index in [1.165, 1.54) is 51.4 Å². The molecular formula is C29H51N3O2. The maximum atomic E-state index is 11.0. The second-order valence-corrected chi connectivity index (χ2v) is 14.0. The summed E-state index contributed by atoms with van der Waals surface area (Å²) in [4.78, 5) is 8.76. The lowest BCUT2D eigenvalue weighted by Crippen LogP contribution is -2.82. The molecule has 6 aliphatic rings. The molecule has 0 aromatic carbocycles. The van der Waals surface area contributed by atoms with Gasteiger partial charge >= 0.3 is 0 Å². The van der Waals surface area contributed by atoms with Gasteiger partial charge in [0, 0.05) is 47.8 Å². The molecule has 5 heteroatoms. The standard InChI is InChI=1S/C29H51N3O2/c1-6-28(4,30-18-19-14-25(30)26(34)15-19)29(5,32-22-12-13-23(32)17-24(33)16-22)27(2,3)31-20-8-7-9-21(31)11-10-20/h19-26,33-34H,6-18H2,1-5H3/t19-,20?,21?,22?,23?,24?,25+,26+,28?,29?/m0/s1. The Balaban J connectivity index is 1.48. The quantitative estimate of drug-likeness (QED) is 0.607. The molecule has 0 aromatic heterocycles. The van der Waals surface area contributed by atoms with Crippen molar-refractivity contribution < 1.29 is 10.2 Å². The number of hydrogen-bond acceptors (Lipinski definition) is 5. The Bertz CT molecular complexity index is 759. The van der Waals surface area contributed by atoms with E-state index >= 15 is 0 Å². The molecule has 0 amide bonds. The highest BCUT2D eigenvalue weighted by atomic mass is 16.3. The highest BCUT2D eigenvalue weighted by Gasteiger charge is 2.68. The van der Waals surface area contributed by atoms with Gasteiger partial charge in [-0.25, -0.2) is 0 Å². The zero-order chi connectivity index (χ0) is 24.0. The van der Waals surface area contributed by atoms with Crippen molar-refractivity contribution in [3.63, 3.8) is 0 Å².